The molecule has 1 atom stereocenters. The number of aliphatic hydroxyl groups excluding tert-OH is 3. The van der Waals surface area contributed by atoms with Crippen LogP contribution in [0.15, 0.2) is 0 Å². The van der Waals surface area contributed by atoms with Gasteiger partial charge in [0.2, 0.25) is 0 Å². The van der Waals surface area contributed by atoms with E-state index >= 15 is 0 Å². The van der Waals surface area contributed by atoms with Gasteiger partial charge in [0, 0.05) is 19.1 Å². The van der Waals surface area contributed by atoms with Crippen LogP contribution in [0.25, 0.3) is 0 Å². The third-order valence-electron chi connectivity index (χ3n) is 2.46. The van der Waals surface area contributed by atoms with Crippen molar-refractivity contribution < 1.29 is 28.3 Å². The second-order valence-corrected chi connectivity index (χ2v) is 5.06. The van der Waals surface area contributed by atoms with E-state index in [-0.39, 0.29) is 6.54 Å². The van der Waals surface area contributed by atoms with E-state index in [1.807, 2.05) is 0 Å². The molecule has 0 aliphatic rings. The van der Waals surface area contributed by atoms with Gasteiger partial charge in [-0.1, -0.05) is 0 Å². The lowest BCUT2D eigenvalue weighted by Crippen LogP contribution is -2.55. The summed E-state index contributed by atoms with van der Waals surface area (Å²) in [5, 5.41) is 29.6. The van der Waals surface area contributed by atoms with Gasteiger partial charge in [-0.3, -0.25) is 4.55 Å². The fourth-order valence-electron chi connectivity index (χ4n) is 1.35. The second kappa shape index (κ2) is 5.73. The highest BCUT2D eigenvalue weighted by atomic mass is 32.2. The Bertz CT molecular complexity index is 273. The minimum absolute atomic E-state index is 0.0391. The average molecular weight is 243 g/mol. The third-order valence-corrected chi connectivity index (χ3v) is 4.08. The van der Waals surface area contributed by atoms with Crippen LogP contribution in [-0.2, 0) is 10.1 Å². The minimum Gasteiger partial charge on any atom is -0.396 e. The molecule has 7 nitrogen and oxygen atoms in total. The Hall–Kier alpha value is -0.250. The molecule has 0 aromatic rings. The average Bonchev–Trinajstić information content (AvgIpc) is 2.16. The van der Waals surface area contributed by atoms with E-state index < -0.39 is 40.6 Å². The Morgan fingerprint density at radius 2 is 1.73 bits per heavy atom. The van der Waals surface area contributed by atoms with Crippen molar-refractivity contribution in [3.05, 3.63) is 0 Å². The first kappa shape index (κ1) is 14.8. The van der Waals surface area contributed by atoms with Crippen molar-refractivity contribution in [1.29, 1.82) is 0 Å². The summed E-state index contributed by atoms with van der Waals surface area (Å²) >= 11 is 0. The van der Waals surface area contributed by atoms with Crippen LogP contribution >= 0.6 is 0 Å². The van der Waals surface area contributed by atoms with Crippen LogP contribution in [0.4, 0.5) is 0 Å². The number of aliphatic hydroxyl groups is 3. The van der Waals surface area contributed by atoms with Gasteiger partial charge in [0.05, 0.1) is 13.2 Å². The lowest BCUT2D eigenvalue weighted by atomic mass is 9.93. The monoisotopic (exact) mass is 243 g/mol. The summed E-state index contributed by atoms with van der Waals surface area (Å²) in [6.45, 7) is -2.47. The Kier molecular flexibility index (Phi) is 5.63. The minimum atomic E-state index is -4.66. The molecule has 0 bridgehead atoms. The molecular formula is C7H17NO6S. The fraction of sp³-hybridized carbons (Fsp3) is 1.00. The van der Waals surface area contributed by atoms with Crippen molar-refractivity contribution in [3.63, 3.8) is 0 Å². The molecule has 0 saturated carbocycles. The van der Waals surface area contributed by atoms with Gasteiger partial charge >= 0.3 is 0 Å². The molecule has 5 N–H and O–H groups in total. The number of hydrogen-bond donors (Lipinski definition) is 5. The zero-order valence-corrected chi connectivity index (χ0v) is 9.24. The van der Waals surface area contributed by atoms with Crippen molar-refractivity contribution in [2.24, 2.45) is 5.92 Å². The molecule has 0 fully saturated rings. The summed E-state index contributed by atoms with van der Waals surface area (Å²) < 4.78 is 29.0. The highest BCUT2D eigenvalue weighted by Crippen LogP contribution is 2.25. The van der Waals surface area contributed by atoms with Crippen molar-refractivity contribution in [2.75, 3.05) is 33.4 Å². The molecule has 0 aliphatic carbocycles. The molecule has 0 saturated heterocycles. The van der Waals surface area contributed by atoms with E-state index in [0.717, 1.165) is 0 Å². The first-order valence-corrected chi connectivity index (χ1v) is 5.77. The summed E-state index contributed by atoms with van der Waals surface area (Å²) in [4.78, 5) is 0. The topological polar surface area (TPSA) is 127 Å². The molecule has 0 amide bonds. The van der Waals surface area contributed by atoms with E-state index in [1.54, 1.807) is 0 Å². The lowest BCUT2D eigenvalue weighted by Gasteiger charge is -2.33. The normalized spacial score (nSPS) is 15.3. The summed E-state index contributed by atoms with van der Waals surface area (Å²) in [7, 11) is -3.14. The molecule has 92 valence electrons. The Balaban J connectivity index is 5.24. The van der Waals surface area contributed by atoms with Crippen LogP contribution in [-0.4, -0.2) is 66.5 Å². The van der Waals surface area contributed by atoms with Gasteiger partial charge in [-0.05, 0) is 7.05 Å². The van der Waals surface area contributed by atoms with Crippen LogP contribution in [0, 0.1) is 5.92 Å². The maximum Gasteiger partial charge on any atom is 0.275 e. The van der Waals surface area contributed by atoms with Crippen LogP contribution in [0.2, 0.25) is 0 Å². The Morgan fingerprint density at radius 3 is 1.93 bits per heavy atom. The van der Waals surface area contributed by atoms with Gasteiger partial charge in [0.25, 0.3) is 10.1 Å². The SMILES string of the molecule is CNCC(CO)C(CO)(CO)S(=O)(=O)O. The molecule has 8 heteroatoms. The first-order chi connectivity index (χ1) is 6.89. The van der Waals surface area contributed by atoms with Gasteiger partial charge < -0.3 is 20.6 Å². The van der Waals surface area contributed by atoms with Crippen molar-refractivity contribution in [2.45, 2.75) is 4.75 Å². The van der Waals surface area contributed by atoms with Gasteiger partial charge in [0.15, 0.2) is 0 Å². The Labute approximate surface area is 88.5 Å². The Morgan fingerprint density at radius 1 is 1.27 bits per heavy atom. The standard InChI is InChI=1S/C7H17NO6S/c1-8-2-6(3-9)7(4-10,5-11)15(12,13)14/h6,8-11H,2-5H2,1H3,(H,12,13,14). The highest BCUT2D eigenvalue weighted by Gasteiger charge is 2.48. The maximum atomic E-state index is 11.1. The van der Waals surface area contributed by atoms with E-state index in [4.69, 9.17) is 19.9 Å². The van der Waals surface area contributed by atoms with Gasteiger partial charge in [-0.25, -0.2) is 0 Å². The third kappa shape index (κ3) is 2.86. The molecule has 0 aromatic heterocycles. The van der Waals surface area contributed by atoms with Gasteiger partial charge in [-0.2, -0.15) is 8.42 Å². The summed E-state index contributed by atoms with van der Waals surface area (Å²) in [5.41, 5.74) is 0. The highest BCUT2D eigenvalue weighted by molar-refractivity contribution is 7.87. The smallest absolute Gasteiger partial charge is 0.275 e. The van der Waals surface area contributed by atoms with Crippen molar-refractivity contribution in [1.82, 2.24) is 5.32 Å². The summed E-state index contributed by atoms with van der Waals surface area (Å²) in [5.74, 6) is -0.993. The summed E-state index contributed by atoms with van der Waals surface area (Å²) in [6.07, 6.45) is 0. The molecule has 0 heterocycles. The molecule has 0 radical (unpaired) electrons. The largest absolute Gasteiger partial charge is 0.396 e. The second-order valence-electron chi connectivity index (χ2n) is 3.29. The molecule has 0 aliphatic heterocycles. The van der Waals surface area contributed by atoms with Crippen LogP contribution in [0.3, 0.4) is 0 Å². The fourth-order valence-corrected chi connectivity index (χ4v) is 2.25. The molecule has 0 aromatic carbocycles. The van der Waals surface area contributed by atoms with E-state index in [0.29, 0.717) is 0 Å². The lowest BCUT2D eigenvalue weighted by molar-refractivity contribution is 0.0857. The van der Waals surface area contributed by atoms with Crippen molar-refractivity contribution >= 4 is 10.1 Å². The molecular weight excluding hydrogens is 226 g/mol. The molecule has 1 unspecified atom stereocenters. The van der Waals surface area contributed by atoms with Crippen molar-refractivity contribution in [3.8, 4) is 0 Å². The van der Waals surface area contributed by atoms with E-state index in [9.17, 15) is 8.42 Å². The molecule has 0 rings (SSSR count). The van der Waals surface area contributed by atoms with Crippen LogP contribution < -0.4 is 5.32 Å². The van der Waals surface area contributed by atoms with E-state index in [1.165, 1.54) is 7.05 Å². The van der Waals surface area contributed by atoms with Gasteiger partial charge in [0.1, 0.15) is 4.75 Å². The van der Waals surface area contributed by atoms with Gasteiger partial charge in [-0.15, -0.1) is 0 Å². The summed E-state index contributed by atoms with van der Waals surface area (Å²) in [6, 6.07) is 0. The first-order valence-electron chi connectivity index (χ1n) is 4.33. The van der Waals surface area contributed by atoms with E-state index in [2.05, 4.69) is 5.32 Å². The number of rotatable bonds is 7. The number of hydrogen-bond acceptors (Lipinski definition) is 6. The maximum absolute atomic E-state index is 11.1. The molecule has 15 heavy (non-hydrogen) atoms. The van der Waals surface area contributed by atoms with Crippen LogP contribution in [0.5, 0.6) is 0 Å². The molecule has 0 spiro atoms. The predicted molar refractivity (Wildman–Crippen MR) is 53.0 cm³/mol. The predicted octanol–water partition coefficient (Wildman–Crippen LogP) is -2.57. The number of nitrogens with one attached hydrogen (secondary N) is 1. The van der Waals surface area contributed by atoms with Crippen LogP contribution in [0.1, 0.15) is 0 Å². The zero-order chi connectivity index (χ0) is 12.1. The zero-order valence-electron chi connectivity index (χ0n) is 8.42. The quantitative estimate of drug-likeness (QED) is 0.311.